The number of benzene rings is 1. The van der Waals surface area contributed by atoms with E-state index in [1.165, 1.54) is 11.1 Å². The normalized spacial score (nSPS) is 9.60. The molecule has 0 aliphatic carbocycles. The molecule has 0 spiro atoms. The van der Waals surface area contributed by atoms with Gasteiger partial charge in [0.05, 0.1) is 0 Å². The van der Waals surface area contributed by atoms with E-state index in [1.807, 2.05) is 24.4 Å². The summed E-state index contributed by atoms with van der Waals surface area (Å²) in [5, 5.41) is 3.38. The minimum absolute atomic E-state index is 0. The van der Waals surface area contributed by atoms with Crippen molar-refractivity contribution >= 4 is 12.4 Å². The summed E-state index contributed by atoms with van der Waals surface area (Å²) in [7, 11) is 0. The predicted molar refractivity (Wildman–Crippen MR) is 84.2 cm³/mol. The summed E-state index contributed by atoms with van der Waals surface area (Å²) in [5.74, 6) is 0.871. The smallest absolute Gasteiger partial charge is 0.119 e. The summed E-state index contributed by atoms with van der Waals surface area (Å²) in [6.07, 6.45) is 5.40. The van der Waals surface area contributed by atoms with E-state index >= 15 is 0 Å². The van der Waals surface area contributed by atoms with Crippen molar-refractivity contribution in [3.05, 3.63) is 72.6 Å². The van der Waals surface area contributed by atoms with E-state index in [2.05, 4.69) is 35.1 Å². The lowest BCUT2D eigenvalue weighted by Crippen LogP contribution is -2.12. The van der Waals surface area contributed by atoms with Gasteiger partial charge in [0.1, 0.15) is 12.4 Å². The third-order valence-corrected chi connectivity index (χ3v) is 2.67. The lowest BCUT2D eigenvalue weighted by molar-refractivity contribution is 0.363. The molecule has 0 aliphatic rings. The maximum atomic E-state index is 5.44. The molecule has 20 heavy (non-hydrogen) atoms. The van der Waals surface area contributed by atoms with Gasteiger partial charge in [-0.15, -0.1) is 12.4 Å². The highest BCUT2D eigenvalue weighted by molar-refractivity contribution is 5.85. The van der Waals surface area contributed by atoms with Gasteiger partial charge >= 0.3 is 0 Å². The van der Waals surface area contributed by atoms with Crippen LogP contribution in [0.2, 0.25) is 0 Å². The summed E-state index contributed by atoms with van der Waals surface area (Å²) < 4.78 is 5.44. The van der Waals surface area contributed by atoms with Crippen LogP contribution in [0.25, 0.3) is 0 Å². The van der Waals surface area contributed by atoms with Gasteiger partial charge in [-0.3, -0.25) is 4.98 Å². The first-order valence-electron chi connectivity index (χ1n) is 6.31. The molecule has 106 valence electrons. The molecule has 1 N–H and O–H groups in total. The van der Waals surface area contributed by atoms with Gasteiger partial charge in [0.25, 0.3) is 0 Å². The fourth-order valence-electron chi connectivity index (χ4n) is 1.71. The molecular formula is C16H19ClN2O. The van der Waals surface area contributed by atoms with Gasteiger partial charge in [-0.25, -0.2) is 0 Å². The molecule has 4 heteroatoms. The quantitative estimate of drug-likeness (QED) is 0.794. The second-order valence-corrected chi connectivity index (χ2v) is 4.21. The number of ether oxygens (including phenoxy) is 1. The van der Waals surface area contributed by atoms with Crippen LogP contribution in [0.1, 0.15) is 11.1 Å². The van der Waals surface area contributed by atoms with Crippen molar-refractivity contribution in [1.82, 2.24) is 10.3 Å². The van der Waals surface area contributed by atoms with Crippen LogP contribution >= 0.6 is 12.4 Å². The Hall–Kier alpha value is -1.84. The molecule has 0 atom stereocenters. The van der Waals surface area contributed by atoms with Crippen molar-refractivity contribution in [2.75, 3.05) is 6.61 Å². The van der Waals surface area contributed by atoms with E-state index in [-0.39, 0.29) is 12.4 Å². The van der Waals surface area contributed by atoms with Crippen LogP contribution in [-0.2, 0) is 13.1 Å². The van der Waals surface area contributed by atoms with Crippen LogP contribution < -0.4 is 10.1 Å². The highest BCUT2D eigenvalue weighted by atomic mass is 35.5. The van der Waals surface area contributed by atoms with Crippen LogP contribution in [0.5, 0.6) is 5.75 Å². The second kappa shape index (κ2) is 9.13. The Labute approximate surface area is 126 Å². The van der Waals surface area contributed by atoms with Gasteiger partial charge in [-0.1, -0.05) is 30.9 Å². The summed E-state index contributed by atoms with van der Waals surface area (Å²) in [4.78, 5) is 4.09. The zero-order valence-corrected chi connectivity index (χ0v) is 12.1. The van der Waals surface area contributed by atoms with Gasteiger partial charge < -0.3 is 10.1 Å². The molecule has 0 saturated heterocycles. The van der Waals surface area contributed by atoms with Gasteiger partial charge in [-0.2, -0.15) is 0 Å². The van der Waals surface area contributed by atoms with Crippen molar-refractivity contribution in [1.29, 1.82) is 0 Å². The third-order valence-electron chi connectivity index (χ3n) is 2.67. The predicted octanol–water partition coefficient (Wildman–Crippen LogP) is 3.36. The van der Waals surface area contributed by atoms with Crippen LogP contribution in [0.4, 0.5) is 0 Å². The Morgan fingerprint density at radius 3 is 2.50 bits per heavy atom. The first-order chi connectivity index (χ1) is 9.38. The van der Waals surface area contributed by atoms with Crippen LogP contribution in [-0.4, -0.2) is 11.6 Å². The molecule has 0 saturated carbocycles. The van der Waals surface area contributed by atoms with E-state index in [1.54, 1.807) is 12.3 Å². The van der Waals surface area contributed by atoms with E-state index in [9.17, 15) is 0 Å². The van der Waals surface area contributed by atoms with Crippen molar-refractivity contribution < 1.29 is 4.74 Å². The Morgan fingerprint density at radius 1 is 1.10 bits per heavy atom. The highest BCUT2D eigenvalue weighted by Gasteiger charge is 1.96. The third kappa shape index (κ3) is 5.43. The first-order valence-corrected chi connectivity index (χ1v) is 6.31. The molecule has 0 unspecified atom stereocenters. The molecule has 3 nitrogen and oxygen atoms in total. The summed E-state index contributed by atoms with van der Waals surface area (Å²) >= 11 is 0. The minimum atomic E-state index is 0. The molecule has 0 bridgehead atoms. The van der Waals surface area contributed by atoms with Crippen molar-refractivity contribution in [2.24, 2.45) is 0 Å². The Kier molecular flexibility index (Phi) is 7.40. The molecular weight excluding hydrogens is 272 g/mol. The molecule has 2 aromatic rings. The number of aromatic nitrogens is 1. The van der Waals surface area contributed by atoms with Crippen LogP contribution in [0.3, 0.4) is 0 Å². The zero-order valence-electron chi connectivity index (χ0n) is 11.3. The number of rotatable bonds is 7. The van der Waals surface area contributed by atoms with Crippen molar-refractivity contribution in [3.63, 3.8) is 0 Å². The number of nitrogens with zero attached hydrogens (tertiary/aromatic N) is 1. The number of hydrogen-bond acceptors (Lipinski definition) is 3. The lowest BCUT2D eigenvalue weighted by atomic mass is 10.2. The number of halogens is 1. The number of hydrogen-bond donors (Lipinski definition) is 1. The van der Waals surface area contributed by atoms with E-state index < -0.39 is 0 Å². The average Bonchev–Trinajstić information content (AvgIpc) is 2.47. The molecule has 1 aromatic heterocycles. The van der Waals surface area contributed by atoms with Crippen molar-refractivity contribution in [3.8, 4) is 5.75 Å². The molecule has 1 aromatic carbocycles. The molecule has 1 heterocycles. The summed E-state index contributed by atoms with van der Waals surface area (Å²) in [6, 6.07) is 12.1. The van der Waals surface area contributed by atoms with E-state index in [4.69, 9.17) is 4.74 Å². The Morgan fingerprint density at radius 2 is 1.85 bits per heavy atom. The average molecular weight is 291 g/mol. The van der Waals surface area contributed by atoms with Gasteiger partial charge in [0.15, 0.2) is 0 Å². The Balaban J connectivity index is 0.00000200. The van der Waals surface area contributed by atoms with E-state index in [0.717, 1.165) is 18.8 Å². The maximum Gasteiger partial charge on any atom is 0.119 e. The second-order valence-electron chi connectivity index (χ2n) is 4.21. The van der Waals surface area contributed by atoms with Crippen LogP contribution in [0, 0.1) is 0 Å². The largest absolute Gasteiger partial charge is 0.490 e. The number of pyridine rings is 1. The van der Waals surface area contributed by atoms with Crippen molar-refractivity contribution in [2.45, 2.75) is 13.1 Å². The monoisotopic (exact) mass is 290 g/mol. The minimum Gasteiger partial charge on any atom is -0.490 e. The first kappa shape index (κ1) is 16.2. The van der Waals surface area contributed by atoms with E-state index in [0.29, 0.717) is 6.61 Å². The fourth-order valence-corrected chi connectivity index (χ4v) is 1.71. The maximum absolute atomic E-state index is 5.44. The topological polar surface area (TPSA) is 34.1 Å². The summed E-state index contributed by atoms with van der Waals surface area (Å²) in [6.45, 7) is 5.81. The standard InChI is InChI=1S/C16H18N2O.ClH/c1-2-10-19-16-7-5-14(6-8-16)11-18-13-15-4-3-9-17-12-15;/h2-9,12,18H,1,10-11,13H2;1H. The van der Waals surface area contributed by atoms with Gasteiger partial charge in [0.2, 0.25) is 0 Å². The van der Waals surface area contributed by atoms with Gasteiger partial charge in [-0.05, 0) is 29.3 Å². The zero-order chi connectivity index (χ0) is 13.3. The fraction of sp³-hybridized carbons (Fsp3) is 0.188. The molecule has 0 radical (unpaired) electrons. The highest BCUT2D eigenvalue weighted by Crippen LogP contribution is 2.12. The molecule has 2 rings (SSSR count). The molecule has 0 aliphatic heterocycles. The number of nitrogens with one attached hydrogen (secondary N) is 1. The molecule has 0 amide bonds. The summed E-state index contributed by atoms with van der Waals surface area (Å²) in [5.41, 5.74) is 2.42. The Bertz CT molecular complexity index is 500. The lowest BCUT2D eigenvalue weighted by Gasteiger charge is -2.07. The molecule has 0 fully saturated rings. The van der Waals surface area contributed by atoms with Gasteiger partial charge in [0, 0.05) is 25.5 Å². The van der Waals surface area contributed by atoms with Crippen LogP contribution in [0.15, 0.2) is 61.4 Å². The SMILES string of the molecule is C=CCOc1ccc(CNCc2cccnc2)cc1.Cl.